The van der Waals surface area contributed by atoms with Gasteiger partial charge in [-0.1, -0.05) is 19.3 Å². The quantitative estimate of drug-likeness (QED) is 0.820. The van der Waals surface area contributed by atoms with Gasteiger partial charge in [0.15, 0.2) is 0 Å². The minimum absolute atomic E-state index is 0.00314. The second-order valence-corrected chi connectivity index (χ2v) is 6.27. The van der Waals surface area contributed by atoms with Gasteiger partial charge in [0, 0.05) is 19.3 Å². The minimum Gasteiger partial charge on any atom is -0.389 e. The van der Waals surface area contributed by atoms with Crippen LogP contribution in [0.3, 0.4) is 0 Å². The molecule has 2 aliphatic rings. The van der Waals surface area contributed by atoms with Gasteiger partial charge in [0.2, 0.25) is 5.91 Å². The van der Waals surface area contributed by atoms with Crippen molar-refractivity contribution >= 4 is 5.91 Å². The molecule has 0 aromatic carbocycles. The Morgan fingerprint density at radius 3 is 2.58 bits per heavy atom. The first-order valence-corrected chi connectivity index (χ1v) is 7.69. The Kier molecular flexibility index (Phi) is 5.22. The van der Waals surface area contributed by atoms with E-state index in [-0.39, 0.29) is 18.4 Å². The minimum atomic E-state index is -0.752. The molecule has 2 rings (SSSR count). The van der Waals surface area contributed by atoms with Gasteiger partial charge in [0.05, 0.1) is 12.0 Å². The Morgan fingerprint density at radius 1 is 1.32 bits per heavy atom. The van der Waals surface area contributed by atoms with Crippen molar-refractivity contribution in [3.63, 3.8) is 0 Å². The first-order chi connectivity index (χ1) is 9.09. The van der Waals surface area contributed by atoms with Gasteiger partial charge in [-0.3, -0.25) is 4.79 Å². The van der Waals surface area contributed by atoms with Crippen molar-refractivity contribution in [1.82, 2.24) is 5.32 Å². The van der Waals surface area contributed by atoms with Crippen LogP contribution in [0.5, 0.6) is 0 Å². The topological polar surface area (TPSA) is 58.6 Å². The van der Waals surface area contributed by atoms with Crippen LogP contribution in [0.4, 0.5) is 0 Å². The number of nitrogens with one attached hydrogen (secondary N) is 1. The molecule has 19 heavy (non-hydrogen) atoms. The molecular formula is C15H27NO3. The Balaban J connectivity index is 1.76. The number of carbonyl (C=O) groups is 1. The lowest BCUT2D eigenvalue weighted by molar-refractivity contribution is -0.128. The summed E-state index contributed by atoms with van der Waals surface area (Å²) in [4.78, 5) is 12.1. The van der Waals surface area contributed by atoms with Crippen molar-refractivity contribution in [2.75, 3.05) is 13.2 Å². The summed E-state index contributed by atoms with van der Waals surface area (Å²) in [5.41, 5.74) is -0.752. The summed E-state index contributed by atoms with van der Waals surface area (Å²) in [6.45, 7) is 3.67. The van der Waals surface area contributed by atoms with Gasteiger partial charge in [-0.05, 0) is 38.5 Å². The molecule has 1 saturated carbocycles. The molecule has 4 nitrogen and oxygen atoms in total. The van der Waals surface area contributed by atoms with Gasteiger partial charge in [-0.2, -0.15) is 0 Å². The normalized spacial score (nSPS) is 25.8. The molecule has 1 aliphatic heterocycles. The smallest absolute Gasteiger partial charge is 0.223 e. The van der Waals surface area contributed by atoms with Crippen molar-refractivity contribution in [3.8, 4) is 0 Å². The number of aliphatic hydroxyl groups is 1. The largest absolute Gasteiger partial charge is 0.389 e. The van der Waals surface area contributed by atoms with Crippen molar-refractivity contribution in [2.45, 2.75) is 69.9 Å². The number of ether oxygens (including phenoxy) is 1. The molecule has 1 aliphatic carbocycles. The molecule has 2 N–H and O–H groups in total. The molecule has 110 valence electrons. The SMILES string of the molecule is CC(NC(=O)CC1(O)CCCCC1)C1CCOCC1. The highest BCUT2D eigenvalue weighted by Gasteiger charge is 2.32. The molecule has 2 fully saturated rings. The molecule has 4 heteroatoms. The van der Waals surface area contributed by atoms with Crippen LogP contribution in [0.2, 0.25) is 0 Å². The third-order valence-electron chi connectivity index (χ3n) is 4.64. The van der Waals surface area contributed by atoms with E-state index in [1.807, 2.05) is 0 Å². The maximum atomic E-state index is 12.1. The van der Waals surface area contributed by atoms with E-state index in [4.69, 9.17) is 4.74 Å². The van der Waals surface area contributed by atoms with E-state index in [1.54, 1.807) is 0 Å². The first-order valence-electron chi connectivity index (χ1n) is 7.69. The number of hydrogen-bond donors (Lipinski definition) is 2. The van der Waals surface area contributed by atoms with Crippen molar-refractivity contribution in [2.24, 2.45) is 5.92 Å². The molecule has 0 bridgehead atoms. The Morgan fingerprint density at radius 2 is 1.95 bits per heavy atom. The monoisotopic (exact) mass is 269 g/mol. The molecule has 0 aromatic heterocycles. The van der Waals surface area contributed by atoms with Crippen LogP contribution in [0.15, 0.2) is 0 Å². The summed E-state index contributed by atoms with van der Waals surface area (Å²) in [5, 5.41) is 13.5. The summed E-state index contributed by atoms with van der Waals surface area (Å²) in [5.74, 6) is 0.516. The fourth-order valence-corrected chi connectivity index (χ4v) is 3.32. The van der Waals surface area contributed by atoms with Crippen molar-refractivity contribution in [3.05, 3.63) is 0 Å². The number of amides is 1. The standard InChI is InChI=1S/C15H27NO3/c1-12(13-5-9-19-10-6-13)16-14(17)11-15(18)7-3-2-4-8-15/h12-13,18H,2-11H2,1H3,(H,16,17). The Hall–Kier alpha value is -0.610. The van der Waals surface area contributed by atoms with Gasteiger partial charge in [0.25, 0.3) is 0 Å². The summed E-state index contributed by atoms with van der Waals surface area (Å²) in [6, 6.07) is 0.184. The molecule has 0 spiro atoms. The molecule has 1 atom stereocenters. The second kappa shape index (κ2) is 6.71. The van der Waals surface area contributed by atoms with E-state index in [0.29, 0.717) is 5.92 Å². The van der Waals surface area contributed by atoms with Gasteiger partial charge in [-0.15, -0.1) is 0 Å². The molecule has 1 amide bonds. The van der Waals surface area contributed by atoms with E-state index in [9.17, 15) is 9.90 Å². The average Bonchev–Trinajstić information content (AvgIpc) is 2.39. The lowest BCUT2D eigenvalue weighted by Gasteiger charge is -2.33. The van der Waals surface area contributed by atoms with Gasteiger partial charge in [0.1, 0.15) is 0 Å². The molecule has 1 saturated heterocycles. The second-order valence-electron chi connectivity index (χ2n) is 6.27. The first kappa shape index (κ1) is 14.8. The third kappa shape index (κ3) is 4.46. The Labute approximate surface area is 115 Å². The van der Waals surface area contributed by atoms with Crippen LogP contribution < -0.4 is 5.32 Å². The van der Waals surface area contributed by atoms with Crippen molar-refractivity contribution < 1.29 is 14.6 Å². The summed E-state index contributed by atoms with van der Waals surface area (Å²) < 4.78 is 5.34. The highest BCUT2D eigenvalue weighted by Crippen LogP contribution is 2.30. The molecule has 1 unspecified atom stereocenters. The maximum Gasteiger partial charge on any atom is 0.223 e. The molecule has 0 aromatic rings. The third-order valence-corrected chi connectivity index (χ3v) is 4.64. The number of hydrogen-bond acceptors (Lipinski definition) is 3. The van der Waals surface area contributed by atoms with Crippen LogP contribution in [0.25, 0.3) is 0 Å². The van der Waals surface area contributed by atoms with E-state index in [2.05, 4.69) is 12.2 Å². The van der Waals surface area contributed by atoms with Gasteiger partial charge in [-0.25, -0.2) is 0 Å². The van der Waals surface area contributed by atoms with E-state index < -0.39 is 5.60 Å². The van der Waals surface area contributed by atoms with Crippen LogP contribution in [0.1, 0.15) is 58.3 Å². The summed E-state index contributed by atoms with van der Waals surface area (Å²) >= 11 is 0. The Bertz CT molecular complexity index is 294. The van der Waals surface area contributed by atoms with Crippen LogP contribution in [0, 0.1) is 5.92 Å². The molecule has 0 radical (unpaired) electrons. The van der Waals surface area contributed by atoms with Crippen LogP contribution in [-0.4, -0.2) is 35.9 Å². The lowest BCUT2D eigenvalue weighted by atomic mass is 9.82. The van der Waals surface area contributed by atoms with Crippen LogP contribution >= 0.6 is 0 Å². The van der Waals surface area contributed by atoms with E-state index in [0.717, 1.165) is 51.7 Å². The summed E-state index contributed by atoms with van der Waals surface area (Å²) in [7, 11) is 0. The fourth-order valence-electron chi connectivity index (χ4n) is 3.32. The highest BCUT2D eigenvalue weighted by molar-refractivity contribution is 5.77. The highest BCUT2D eigenvalue weighted by atomic mass is 16.5. The predicted molar refractivity (Wildman–Crippen MR) is 73.8 cm³/mol. The van der Waals surface area contributed by atoms with Crippen LogP contribution in [-0.2, 0) is 9.53 Å². The van der Waals surface area contributed by atoms with Gasteiger partial charge >= 0.3 is 0 Å². The zero-order chi connectivity index (χ0) is 13.7. The van der Waals surface area contributed by atoms with Crippen molar-refractivity contribution in [1.29, 1.82) is 0 Å². The lowest BCUT2D eigenvalue weighted by Crippen LogP contribution is -2.44. The van der Waals surface area contributed by atoms with Gasteiger partial charge < -0.3 is 15.2 Å². The predicted octanol–water partition coefficient (Wildman–Crippen LogP) is 2.00. The average molecular weight is 269 g/mol. The molecular weight excluding hydrogens is 242 g/mol. The van der Waals surface area contributed by atoms with E-state index >= 15 is 0 Å². The number of carbonyl (C=O) groups excluding carboxylic acids is 1. The number of rotatable bonds is 4. The zero-order valence-corrected chi connectivity index (χ0v) is 12.0. The maximum absolute atomic E-state index is 12.1. The summed E-state index contributed by atoms with van der Waals surface area (Å²) in [6.07, 6.45) is 7.11. The van der Waals surface area contributed by atoms with E-state index in [1.165, 1.54) is 6.42 Å². The molecule has 1 heterocycles. The zero-order valence-electron chi connectivity index (χ0n) is 12.0. The fraction of sp³-hybridized carbons (Fsp3) is 0.933.